The highest BCUT2D eigenvalue weighted by atomic mass is 16.2. The Balaban J connectivity index is 0.000000601. The zero-order valence-electron chi connectivity index (χ0n) is 18.6. The topological polar surface area (TPSA) is 108 Å². The van der Waals surface area contributed by atoms with Gasteiger partial charge in [-0.05, 0) is 37.1 Å². The number of carbonyl (C=O) groups excluding carboxylic acids is 2. The van der Waals surface area contributed by atoms with Crippen molar-refractivity contribution in [3.63, 3.8) is 0 Å². The molecule has 0 spiro atoms. The lowest BCUT2D eigenvalue weighted by Crippen LogP contribution is -2.46. The van der Waals surface area contributed by atoms with Crippen LogP contribution in [0.4, 0.5) is 33.6 Å². The molecule has 0 unspecified atom stereocenters. The Kier molecular flexibility index (Phi) is 6.34. The van der Waals surface area contributed by atoms with Gasteiger partial charge in [-0.2, -0.15) is 10.1 Å². The molecule has 1 saturated carbocycles. The molecular formula is C23H26N8O2. The first-order valence-electron chi connectivity index (χ1n) is 10.6. The molecule has 3 heterocycles. The van der Waals surface area contributed by atoms with Gasteiger partial charge in [0.15, 0.2) is 5.82 Å². The number of urea groups is 1. The number of anilines is 5. The maximum atomic E-state index is 13.4. The quantitative estimate of drug-likeness (QED) is 0.440. The van der Waals surface area contributed by atoms with E-state index in [1.165, 1.54) is 6.08 Å². The zero-order chi connectivity index (χ0) is 23.4. The van der Waals surface area contributed by atoms with E-state index in [9.17, 15) is 4.79 Å². The molecule has 5 rings (SSSR count). The third kappa shape index (κ3) is 4.84. The zero-order valence-corrected chi connectivity index (χ0v) is 18.6. The van der Waals surface area contributed by atoms with Gasteiger partial charge in [-0.15, -0.1) is 0 Å². The summed E-state index contributed by atoms with van der Waals surface area (Å²) in [4.78, 5) is 35.2. The van der Waals surface area contributed by atoms with Gasteiger partial charge >= 0.3 is 6.03 Å². The van der Waals surface area contributed by atoms with Crippen molar-refractivity contribution in [2.45, 2.75) is 25.4 Å². The van der Waals surface area contributed by atoms with Crippen LogP contribution < -0.4 is 15.5 Å². The number of rotatable bonds is 6. The van der Waals surface area contributed by atoms with Crippen LogP contribution in [0.15, 0.2) is 55.5 Å². The first kappa shape index (κ1) is 22.0. The Morgan fingerprint density at radius 1 is 1.21 bits per heavy atom. The molecule has 10 nitrogen and oxygen atoms in total. The van der Waals surface area contributed by atoms with Crippen molar-refractivity contribution in [1.29, 1.82) is 0 Å². The summed E-state index contributed by atoms with van der Waals surface area (Å²) >= 11 is 0. The monoisotopic (exact) mass is 446 g/mol. The molecule has 33 heavy (non-hydrogen) atoms. The highest BCUT2D eigenvalue weighted by Gasteiger charge is 2.41. The van der Waals surface area contributed by atoms with Crippen LogP contribution in [0.25, 0.3) is 0 Å². The Morgan fingerprint density at radius 3 is 2.64 bits per heavy atom. The molecule has 1 aliphatic heterocycles. The number of nitrogens with one attached hydrogen (secondary N) is 2. The summed E-state index contributed by atoms with van der Waals surface area (Å²) in [6.07, 6.45) is 9.28. The fourth-order valence-corrected chi connectivity index (χ4v) is 3.55. The van der Waals surface area contributed by atoms with Crippen LogP contribution in [0.5, 0.6) is 0 Å². The third-order valence-electron chi connectivity index (χ3n) is 5.27. The minimum atomic E-state index is -0.0423. The molecular weight excluding hydrogens is 420 g/mol. The van der Waals surface area contributed by atoms with Gasteiger partial charge in [0.05, 0.1) is 24.1 Å². The smallest absolute Gasteiger partial charge is 0.330 e. The minimum absolute atomic E-state index is 0.0423. The molecule has 2 amide bonds. The van der Waals surface area contributed by atoms with Crippen molar-refractivity contribution in [3.8, 4) is 0 Å². The van der Waals surface area contributed by atoms with Gasteiger partial charge in [-0.25, -0.2) is 14.7 Å². The predicted octanol–water partition coefficient (Wildman–Crippen LogP) is 3.60. The van der Waals surface area contributed by atoms with Crippen molar-refractivity contribution in [1.82, 2.24) is 24.6 Å². The Bertz CT molecular complexity index is 1160. The number of amides is 2. The van der Waals surface area contributed by atoms with Crippen LogP contribution >= 0.6 is 0 Å². The molecule has 1 fully saturated rings. The minimum Gasteiger partial charge on any atom is -0.388 e. The molecule has 0 atom stereocenters. The highest BCUT2D eigenvalue weighted by molar-refractivity contribution is 6.01. The van der Waals surface area contributed by atoms with Crippen molar-refractivity contribution in [2.75, 3.05) is 22.6 Å². The SMILES string of the molecule is C=CC=O.CNc1cccc(N2C(=O)N(C3CC3)Cc3cnc(Nc4cnn(C)c4)nc32)c1. The third-order valence-corrected chi connectivity index (χ3v) is 5.27. The predicted molar refractivity (Wildman–Crippen MR) is 127 cm³/mol. The number of allylic oxidation sites excluding steroid dienone is 1. The number of benzene rings is 1. The maximum Gasteiger partial charge on any atom is 0.330 e. The standard InChI is InChI=1S/C20H22N8O.C3H4O/c1-21-14-4-3-5-17(8-14)28-18-13(11-27(20(28)29)16-6-7-16)9-22-19(25-18)24-15-10-23-26(2)12-15;1-2-3-4/h3-5,8-10,12,16,21H,6-7,11H2,1-2H3,(H,22,24,25);2-3H,1H2. The van der Waals surface area contributed by atoms with Gasteiger partial charge in [-0.1, -0.05) is 12.6 Å². The summed E-state index contributed by atoms with van der Waals surface area (Å²) in [5.41, 5.74) is 3.43. The largest absolute Gasteiger partial charge is 0.388 e. The molecule has 170 valence electrons. The van der Waals surface area contributed by atoms with E-state index in [4.69, 9.17) is 9.78 Å². The number of aromatic nitrogens is 4. The summed E-state index contributed by atoms with van der Waals surface area (Å²) < 4.78 is 1.70. The average Bonchev–Trinajstić information content (AvgIpc) is 3.60. The number of fused-ring (bicyclic) bond motifs is 1. The van der Waals surface area contributed by atoms with Crippen molar-refractivity contribution >= 4 is 41.1 Å². The summed E-state index contributed by atoms with van der Waals surface area (Å²) in [5.74, 6) is 1.04. The number of aryl methyl sites for hydroxylation is 1. The van der Waals surface area contributed by atoms with Crippen LogP contribution in [-0.4, -0.2) is 50.1 Å². The summed E-state index contributed by atoms with van der Waals surface area (Å²) in [6.45, 7) is 3.65. The fraction of sp³-hybridized carbons (Fsp3) is 0.261. The summed E-state index contributed by atoms with van der Waals surface area (Å²) in [5, 5.41) is 10.4. The van der Waals surface area contributed by atoms with Crippen LogP contribution in [0.1, 0.15) is 18.4 Å². The molecule has 10 heteroatoms. The molecule has 0 saturated heterocycles. The van der Waals surface area contributed by atoms with Crippen molar-refractivity contribution in [3.05, 3.63) is 61.1 Å². The van der Waals surface area contributed by atoms with E-state index in [2.05, 4.69) is 27.3 Å². The highest BCUT2D eigenvalue weighted by Crippen LogP contribution is 2.39. The van der Waals surface area contributed by atoms with E-state index in [1.807, 2.05) is 49.5 Å². The van der Waals surface area contributed by atoms with Crippen molar-refractivity contribution < 1.29 is 9.59 Å². The lowest BCUT2D eigenvalue weighted by molar-refractivity contribution is -0.104. The van der Waals surface area contributed by atoms with E-state index < -0.39 is 0 Å². The van der Waals surface area contributed by atoms with Gasteiger partial charge in [0.1, 0.15) is 6.29 Å². The molecule has 0 bridgehead atoms. The molecule has 2 aliphatic rings. The van der Waals surface area contributed by atoms with Gasteiger partial charge in [0.2, 0.25) is 5.95 Å². The second kappa shape index (κ2) is 9.51. The number of carbonyl (C=O) groups is 2. The van der Waals surface area contributed by atoms with E-state index in [0.717, 1.165) is 35.5 Å². The number of hydrogen-bond acceptors (Lipinski definition) is 7. The number of aldehydes is 1. The first-order valence-corrected chi connectivity index (χ1v) is 10.6. The normalized spacial score (nSPS) is 14.7. The van der Waals surface area contributed by atoms with Crippen LogP contribution in [0.3, 0.4) is 0 Å². The Labute approximate surface area is 191 Å². The molecule has 1 aromatic carbocycles. The van der Waals surface area contributed by atoms with Gasteiger partial charge in [-0.3, -0.25) is 9.48 Å². The van der Waals surface area contributed by atoms with Crippen LogP contribution in [0.2, 0.25) is 0 Å². The molecule has 2 aromatic heterocycles. The summed E-state index contributed by atoms with van der Waals surface area (Å²) in [7, 11) is 3.71. The van der Waals surface area contributed by atoms with E-state index in [-0.39, 0.29) is 6.03 Å². The number of nitrogens with zero attached hydrogens (tertiary/aromatic N) is 6. The van der Waals surface area contributed by atoms with Crippen LogP contribution in [0, 0.1) is 0 Å². The second-order valence-electron chi connectivity index (χ2n) is 7.72. The molecule has 2 N–H and O–H groups in total. The van der Waals surface area contributed by atoms with Gasteiger partial charge in [0.25, 0.3) is 0 Å². The van der Waals surface area contributed by atoms with Gasteiger partial charge in [0, 0.05) is 43.8 Å². The number of hydrogen-bond donors (Lipinski definition) is 2. The summed E-state index contributed by atoms with van der Waals surface area (Å²) in [6, 6.07) is 8.04. The first-order chi connectivity index (χ1) is 16.0. The Morgan fingerprint density at radius 2 is 2.00 bits per heavy atom. The molecule has 0 radical (unpaired) electrons. The molecule has 3 aromatic rings. The van der Waals surface area contributed by atoms with E-state index in [1.54, 1.807) is 22.0 Å². The van der Waals surface area contributed by atoms with Gasteiger partial charge < -0.3 is 15.5 Å². The lowest BCUT2D eigenvalue weighted by Gasteiger charge is -2.36. The Hall–Kier alpha value is -4.21. The fourth-order valence-electron chi connectivity index (χ4n) is 3.55. The average molecular weight is 447 g/mol. The second-order valence-corrected chi connectivity index (χ2v) is 7.72. The van der Waals surface area contributed by atoms with E-state index in [0.29, 0.717) is 30.6 Å². The maximum absolute atomic E-state index is 13.4. The van der Waals surface area contributed by atoms with Crippen molar-refractivity contribution in [2.24, 2.45) is 7.05 Å². The van der Waals surface area contributed by atoms with E-state index >= 15 is 0 Å². The lowest BCUT2D eigenvalue weighted by atomic mass is 10.1. The molecule has 1 aliphatic carbocycles. The van der Waals surface area contributed by atoms with Crippen LogP contribution in [-0.2, 0) is 18.4 Å².